The summed E-state index contributed by atoms with van der Waals surface area (Å²) in [6.07, 6.45) is 1.69. The summed E-state index contributed by atoms with van der Waals surface area (Å²) in [4.78, 5) is 19.2. The monoisotopic (exact) mass is 347 g/mol. The second kappa shape index (κ2) is 7.64. The van der Waals surface area contributed by atoms with E-state index in [1.54, 1.807) is 6.20 Å². The molecule has 0 spiro atoms. The first-order chi connectivity index (χ1) is 12.8. The van der Waals surface area contributed by atoms with Crippen molar-refractivity contribution in [3.63, 3.8) is 0 Å². The molecular formula is C21H21N3O2. The maximum Gasteiger partial charge on any atom is 0.255 e. The molecule has 2 aromatic carbocycles. The van der Waals surface area contributed by atoms with Crippen LogP contribution < -0.4 is 5.32 Å². The molecule has 1 aromatic heterocycles. The van der Waals surface area contributed by atoms with Crippen molar-refractivity contribution in [3.05, 3.63) is 71.9 Å². The van der Waals surface area contributed by atoms with E-state index in [-0.39, 0.29) is 5.91 Å². The Bertz CT molecular complexity index is 903. The maximum atomic E-state index is 12.5. The largest absolute Gasteiger partial charge is 0.379 e. The zero-order valence-corrected chi connectivity index (χ0v) is 14.5. The summed E-state index contributed by atoms with van der Waals surface area (Å²) in [7, 11) is 0. The molecule has 1 aliphatic heterocycles. The third-order valence-electron chi connectivity index (χ3n) is 4.57. The van der Waals surface area contributed by atoms with Gasteiger partial charge in [-0.2, -0.15) is 0 Å². The Kier molecular flexibility index (Phi) is 4.91. The van der Waals surface area contributed by atoms with Gasteiger partial charge < -0.3 is 10.1 Å². The van der Waals surface area contributed by atoms with Gasteiger partial charge in [0, 0.05) is 30.6 Å². The Labute approximate surface area is 152 Å². The minimum absolute atomic E-state index is 0.125. The zero-order chi connectivity index (χ0) is 17.8. The molecule has 1 fully saturated rings. The van der Waals surface area contributed by atoms with E-state index in [1.807, 2.05) is 54.6 Å². The Morgan fingerprint density at radius 3 is 2.65 bits per heavy atom. The van der Waals surface area contributed by atoms with Crippen LogP contribution in [0.25, 0.3) is 10.9 Å². The van der Waals surface area contributed by atoms with Crippen molar-refractivity contribution in [2.24, 2.45) is 0 Å². The molecule has 132 valence electrons. The van der Waals surface area contributed by atoms with Crippen LogP contribution in [0.2, 0.25) is 0 Å². The minimum atomic E-state index is -0.125. The first kappa shape index (κ1) is 16.7. The number of amides is 1. The van der Waals surface area contributed by atoms with Crippen LogP contribution in [-0.2, 0) is 11.3 Å². The summed E-state index contributed by atoms with van der Waals surface area (Å²) in [5.41, 5.74) is 3.46. The van der Waals surface area contributed by atoms with E-state index in [0.717, 1.165) is 43.8 Å². The van der Waals surface area contributed by atoms with Crippen molar-refractivity contribution in [2.75, 3.05) is 31.6 Å². The van der Waals surface area contributed by atoms with Crippen LogP contribution in [0.5, 0.6) is 0 Å². The molecule has 4 rings (SSSR count). The highest BCUT2D eigenvalue weighted by atomic mass is 16.5. The normalized spacial score (nSPS) is 15.1. The number of anilines is 1. The van der Waals surface area contributed by atoms with Crippen LogP contribution >= 0.6 is 0 Å². The summed E-state index contributed by atoms with van der Waals surface area (Å²) in [5, 5.41) is 3.93. The van der Waals surface area contributed by atoms with Crippen LogP contribution in [0, 0.1) is 0 Å². The average molecular weight is 347 g/mol. The molecule has 0 atom stereocenters. The SMILES string of the molecule is O=C(Nc1cnc2ccccc2c1)c1ccc(CN2CCOCC2)cc1. The van der Waals surface area contributed by atoms with Crippen molar-refractivity contribution in [1.29, 1.82) is 0 Å². The van der Waals surface area contributed by atoms with Gasteiger partial charge >= 0.3 is 0 Å². The zero-order valence-electron chi connectivity index (χ0n) is 14.5. The third kappa shape index (κ3) is 3.90. The fraction of sp³-hybridized carbons (Fsp3) is 0.238. The first-order valence-electron chi connectivity index (χ1n) is 8.83. The maximum absolute atomic E-state index is 12.5. The highest BCUT2D eigenvalue weighted by Crippen LogP contribution is 2.17. The van der Waals surface area contributed by atoms with Crippen molar-refractivity contribution in [1.82, 2.24) is 9.88 Å². The number of benzene rings is 2. The average Bonchev–Trinajstić information content (AvgIpc) is 2.69. The Morgan fingerprint density at radius 2 is 1.85 bits per heavy atom. The van der Waals surface area contributed by atoms with Gasteiger partial charge in [0.15, 0.2) is 0 Å². The number of carbonyl (C=O) groups is 1. The lowest BCUT2D eigenvalue weighted by molar-refractivity contribution is 0.0342. The lowest BCUT2D eigenvalue weighted by Crippen LogP contribution is -2.35. The molecule has 26 heavy (non-hydrogen) atoms. The van der Waals surface area contributed by atoms with E-state index in [4.69, 9.17) is 4.74 Å². The number of nitrogens with zero attached hydrogens (tertiary/aromatic N) is 2. The number of pyridine rings is 1. The lowest BCUT2D eigenvalue weighted by atomic mass is 10.1. The lowest BCUT2D eigenvalue weighted by Gasteiger charge is -2.26. The Hall–Kier alpha value is -2.76. The number of hydrogen-bond donors (Lipinski definition) is 1. The third-order valence-corrected chi connectivity index (χ3v) is 4.57. The van der Waals surface area contributed by atoms with Crippen molar-refractivity contribution >= 4 is 22.5 Å². The molecule has 0 unspecified atom stereocenters. The van der Waals surface area contributed by atoms with Gasteiger partial charge in [0.05, 0.1) is 30.6 Å². The van der Waals surface area contributed by atoms with Crippen LogP contribution in [-0.4, -0.2) is 42.1 Å². The number of ether oxygens (including phenoxy) is 1. The van der Waals surface area contributed by atoms with Crippen LogP contribution in [0.1, 0.15) is 15.9 Å². The molecule has 0 saturated carbocycles. The van der Waals surface area contributed by atoms with E-state index in [9.17, 15) is 4.79 Å². The van der Waals surface area contributed by atoms with Gasteiger partial charge in [-0.25, -0.2) is 0 Å². The van der Waals surface area contributed by atoms with E-state index in [0.29, 0.717) is 11.3 Å². The van der Waals surface area contributed by atoms with Crippen LogP contribution in [0.15, 0.2) is 60.8 Å². The van der Waals surface area contributed by atoms with Gasteiger partial charge in [-0.1, -0.05) is 30.3 Å². The van der Waals surface area contributed by atoms with Crippen molar-refractivity contribution in [2.45, 2.75) is 6.54 Å². The molecule has 2 heterocycles. The second-order valence-electron chi connectivity index (χ2n) is 6.46. The molecule has 1 N–H and O–H groups in total. The molecule has 0 radical (unpaired) electrons. The number of nitrogens with one attached hydrogen (secondary N) is 1. The molecular weight excluding hydrogens is 326 g/mol. The van der Waals surface area contributed by atoms with Gasteiger partial charge in [0.2, 0.25) is 0 Å². The standard InChI is InChI=1S/C21H21N3O2/c25-21(23-19-13-18-3-1-2-4-20(18)22-14-19)17-7-5-16(6-8-17)15-24-9-11-26-12-10-24/h1-8,13-14H,9-12,15H2,(H,23,25). The first-order valence-corrected chi connectivity index (χ1v) is 8.83. The van der Waals surface area contributed by atoms with E-state index >= 15 is 0 Å². The molecule has 5 nitrogen and oxygen atoms in total. The fourth-order valence-electron chi connectivity index (χ4n) is 3.12. The number of morpholine rings is 1. The summed E-state index contributed by atoms with van der Waals surface area (Å²) in [6, 6.07) is 17.6. The summed E-state index contributed by atoms with van der Waals surface area (Å²) >= 11 is 0. The van der Waals surface area contributed by atoms with Gasteiger partial charge in [-0.3, -0.25) is 14.7 Å². The predicted octanol–water partition coefficient (Wildman–Crippen LogP) is 3.32. The topological polar surface area (TPSA) is 54.5 Å². The number of fused-ring (bicyclic) bond motifs is 1. The predicted molar refractivity (Wildman–Crippen MR) is 102 cm³/mol. The molecule has 1 aliphatic rings. The highest BCUT2D eigenvalue weighted by molar-refractivity contribution is 6.04. The summed E-state index contributed by atoms with van der Waals surface area (Å²) < 4.78 is 5.37. The van der Waals surface area contributed by atoms with Gasteiger partial charge in [0.25, 0.3) is 5.91 Å². The van der Waals surface area contributed by atoms with Gasteiger partial charge in [-0.05, 0) is 29.8 Å². The Morgan fingerprint density at radius 1 is 1.08 bits per heavy atom. The van der Waals surface area contributed by atoms with Crippen molar-refractivity contribution in [3.8, 4) is 0 Å². The minimum Gasteiger partial charge on any atom is -0.379 e. The summed E-state index contributed by atoms with van der Waals surface area (Å²) in [5.74, 6) is -0.125. The molecule has 0 aliphatic carbocycles. The molecule has 3 aromatic rings. The quantitative estimate of drug-likeness (QED) is 0.787. The molecule has 0 bridgehead atoms. The van der Waals surface area contributed by atoms with Crippen molar-refractivity contribution < 1.29 is 9.53 Å². The van der Waals surface area contributed by atoms with Crippen LogP contribution in [0.3, 0.4) is 0 Å². The van der Waals surface area contributed by atoms with E-state index < -0.39 is 0 Å². The number of carbonyl (C=O) groups excluding carboxylic acids is 1. The number of rotatable bonds is 4. The number of aromatic nitrogens is 1. The van der Waals surface area contributed by atoms with Crippen LogP contribution in [0.4, 0.5) is 5.69 Å². The number of para-hydroxylation sites is 1. The number of hydrogen-bond acceptors (Lipinski definition) is 4. The fourth-order valence-corrected chi connectivity index (χ4v) is 3.12. The molecule has 1 saturated heterocycles. The Balaban J connectivity index is 1.42. The smallest absolute Gasteiger partial charge is 0.255 e. The second-order valence-corrected chi connectivity index (χ2v) is 6.46. The van der Waals surface area contributed by atoms with Gasteiger partial charge in [0.1, 0.15) is 0 Å². The van der Waals surface area contributed by atoms with E-state index in [1.165, 1.54) is 5.56 Å². The van der Waals surface area contributed by atoms with Gasteiger partial charge in [-0.15, -0.1) is 0 Å². The summed E-state index contributed by atoms with van der Waals surface area (Å²) in [6.45, 7) is 4.38. The van der Waals surface area contributed by atoms with E-state index in [2.05, 4.69) is 15.2 Å². The molecule has 1 amide bonds. The molecule has 5 heteroatoms. The highest BCUT2D eigenvalue weighted by Gasteiger charge is 2.11.